The molecule has 0 aliphatic carbocycles. The molecule has 2 aromatic heterocycles. The van der Waals surface area contributed by atoms with Crippen LogP contribution in [0.2, 0.25) is 0 Å². The van der Waals surface area contributed by atoms with Crippen molar-refractivity contribution in [3.05, 3.63) is 53.9 Å². The molecule has 0 amide bonds. The van der Waals surface area contributed by atoms with Gasteiger partial charge in [-0.3, -0.25) is 9.88 Å². The number of nitrogens with two attached hydrogens (primary N) is 1. The molecule has 0 bridgehead atoms. The van der Waals surface area contributed by atoms with Gasteiger partial charge in [0.2, 0.25) is 0 Å². The van der Waals surface area contributed by atoms with Crippen LogP contribution >= 0.6 is 0 Å². The molecule has 2 aliphatic heterocycles. The summed E-state index contributed by atoms with van der Waals surface area (Å²) in [6.45, 7) is 10.6. The second-order valence-electron chi connectivity index (χ2n) is 9.30. The molecule has 4 heterocycles. The first-order valence-corrected chi connectivity index (χ1v) is 11.9. The van der Waals surface area contributed by atoms with E-state index in [0.717, 1.165) is 73.8 Å². The summed E-state index contributed by atoms with van der Waals surface area (Å²) in [6.07, 6.45) is 2.00. The number of rotatable bonds is 4. The molecular formula is C26H31N7O. The minimum atomic E-state index is 0.122. The number of anilines is 3. The Hall–Kier alpha value is -3.41. The monoisotopic (exact) mass is 457 g/mol. The quantitative estimate of drug-likeness (QED) is 0.639. The predicted octanol–water partition coefficient (Wildman–Crippen LogP) is 2.81. The predicted molar refractivity (Wildman–Crippen MR) is 135 cm³/mol. The van der Waals surface area contributed by atoms with Crippen molar-refractivity contribution in [3.63, 3.8) is 0 Å². The highest BCUT2D eigenvalue weighted by Crippen LogP contribution is 2.30. The number of benzene rings is 1. The van der Waals surface area contributed by atoms with Crippen LogP contribution in [0.4, 0.5) is 17.2 Å². The molecule has 2 N–H and O–H groups in total. The number of nitrogens with zero attached hydrogens (tertiary/aromatic N) is 6. The fourth-order valence-electron chi connectivity index (χ4n) is 5.20. The standard InChI is InChI=1S/C26H31N7O/c1-18-12-21(13-25(28)30-18)32-10-8-31(9-11-32)16-22-17-33(15-19(2)34-22)24-6-5-20(14-27)26-23(24)4-3-7-29-26/h3-7,12-13,19,22H,8-11,15-17H2,1-2H3,(H2,28,30). The van der Waals surface area contributed by atoms with E-state index in [1.807, 2.05) is 25.1 Å². The van der Waals surface area contributed by atoms with Gasteiger partial charge in [-0.1, -0.05) is 0 Å². The molecule has 2 fully saturated rings. The molecule has 1 aromatic carbocycles. The van der Waals surface area contributed by atoms with E-state index in [1.54, 1.807) is 6.20 Å². The van der Waals surface area contributed by atoms with Crippen molar-refractivity contribution >= 4 is 28.1 Å². The number of hydrogen-bond donors (Lipinski definition) is 1. The van der Waals surface area contributed by atoms with E-state index < -0.39 is 0 Å². The number of nitriles is 1. The highest BCUT2D eigenvalue weighted by molar-refractivity contribution is 5.95. The maximum Gasteiger partial charge on any atom is 0.125 e. The van der Waals surface area contributed by atoms with E-state index in [4.69, 9.17) is 10.5 Å². The molecule has 5 rings (SSSR count). The Morgan fingerprint density at radius 2 is 1.94 bits per heavy atom. The van der Waals surface area contributed by atoms with Crippen molar-refractivity contribution in [2.75, 3.05) is 61.3 Å². The van der Waals surface area contributed by atoms with Crippen molar-refractivity contribution in [3.8, 4) is 6.07 Å². The van der Waals surface area contributed by atoms with E-state index >= 15 is 0 Å². The van der Waals surface area contributed by atoms with Gasteiger partial charge in [0.1, 0.15) is 11.9 Å². The average Bonchev–Trinajstić information content (AvgIpc) is 2.83. The van der Waals surface area contributed by atoms with Gasteiger partial charge < -0.3 is 20.3 Å². The zero-order valence-electron chi connectivity index (χ0n) is 19.8. The maximum atomic E-state index is 9.48. The van der Waals surface area contributed by atoms with Gasteiger partial charge in [0.05, 0.1) is 23.3 Å². The number of pyridine rings is 2. The number of hydrogen-bond acceptors (Lipinski definition) is 8. The lowest BCUT2D eigenvalue weighted by atomic mass is 10.1. The Kier molecular flexibility index (Phi) is 6.22. The van der Waals surface area contributed by atoms with Crippen molar-refractivity contribution in [2.45, 2.75) is 26.1 Å². The number of fused-ring (bicyclic) bond motifs is 1. The first-order valence-electron chi connectivity index (χ1n) is 11.9. The number of aromatic nitrogens is 2. The maximum absolute atomic E-state index is 9.48. The summed E-state index contributed by atoms with van der Waals surface area (Å²) in [5, 5.41) is 10.5. The Bertz CT molecular complexity index is 1200. The summed E-state index contributed by atoms with van der Waals surface area (Å²) in [5.41, 5.74) is 10.6. The summed E-state index contributed by atoms with van der Waals surface area (Å²) in [5.74, 6) is 0.577. The zero-order chi connectivity index (χ0) is 23.7. The molecule has 0 radical (unpaired) electrons. The summed E-state index contributed by atoms with van der Waals surface area (Å²) in [6, 6.07) is 14.3. The van der Waals surface area contributed by atoms with Gasteiger partial charge >= 0.3 is 0 Å². The molecule has 34 heavy (non-hydrogen) atoms. The summed E-state index contributed by atoms with van der Waals surface area (Å²) in [7, 11) is 0. The van der Waals surface area contributed by atoms with Crippen LogP contribution in [-0.2, 0) is 4.74 Å². The molecule has 2 atom stereocenters. The van der Waals surface area contributed by atoms with E-state index in [-0.39, 0.29) is 12.2 Å². The fourth-order valence-corrected chi connectivity index (χ4v) is 5.20. The minimum absolute atomic E-state index is 0.122. The highest BCUT2D eigenvalue weighted by atomic mass is 16.5. The molecule has 2 unspecified atom stereocenters. The van der Waals surface area contributed by atoms with Gasteiger partial charge in [-0.15, -0.1) is 0 Å². The molecule has 2 saturated heterocycles. The van der Waals surface area contributed by atoms with E-state index in [9.17, 15) is 5.26 Å². The van der Waals surface area contributed by atoms with Crippen LogP contribution < -0.4 is 15.5 Å². The molecule has 3 aromatic rings. The van der Waals surface area contributed by atoms with Gasteiger partial charge in [0, 0.05) is 80.5 Å². The molecule has 0 saturated carbocycles. The third kappa shape index (κ3) is 4.63. The van der Waals surface area contributed by atoms with Gasteiger partial charge in [-0.2, -0.15) is 5.26 Å². The minimum Gasteiger partial charge on any atom is -0.384 e. The number of ether oxygens (including phenoxy) is 1. The third-order valence-corrected chi connectivity index (χ3v) is 6.69. The van der Waals surface area contributed by atoms with Crippen LogP contribution in [0.15, 0.2) is 42.6 Å². The van der Waals surface area contributed by atoms with Crippen LogP contribution in [0.5, 0.6) is 0 Å². The van der Waals surface area contributed by atoms with Crippen LogP contribution in [-0.4, -0.2) is 72.9 Å². The molecule has 8 heteroatoms. The zero-order valence-corrected chi connectivity index (χ0v) is 19.8. The largest absolute Gasteiger partial charge is 0.384 e. The lowest BCUT2D eigenvalue weighted by molar-refractivity contribution is -0.0327. The van der Waals surface area contributed by atoms with Gasteiger partial charge in [0.25, 0.3) is 0 Å². The Morgan fingerprint density at radius 3 is 2.71 bits per heavy atom. The number of aryl methyl sites for hydroxylation is 1. The first kappa shape index (κ1) is 22.4. The van der Waals surface area contributed by atoms with Crippen molar-refractivity contribution in [2.24, 2.45) is 0 Å². The topological polar surface area (TPSA) is 94.5 Å². The molecule has 8 nitrogen and oxygen atoms in total. The second-order valence-corrected chi connectivity index (χ2v) is 9.30. The summed E-state index contributed by atoms with van der Waals surface area (Å²) < 4.78 is 6.35. The lowest BCUT2D eigenvalue weighted by Gasteiger charge is -2.42. The normalized spacial score (nSPS) is 21.6. The Balaban J connectivity index is 1.26. The van der Waals surface area contributed by atoms with Crippen LogP contribution in [0.25, 0.3) is 10.9 Å². The van der Waals surface area contributed by atoms with Gasteiger partial charge in [0.15, 0.2) is 0 Å². The smallest absolute Gasteiger partial charge is 0.125 e. The third-order valence-electron chi connectivity index (χ3n) is 6.69. The Labute approximate surface area is 200 Å². The van der Waals surface area contributed by atoms with Gasteiger partial charge in [-0.05, 0) is 44.2 Å². The van der Waals surface area contributed by atoms with Crippen LogP contribution in [0.1, 0.15) is 18.2 Å². The number of morpholine rings is 1. The lowest BCUT2D eigenvalue weighted by Crippen LogP contribution is -2.54. The van der Waals surface area contributed by atoms with Crippen LogP contribution in [0, 0.1) is 18.3 Å². The highest BCUT2D eigenvalue weighted by Gasteiger charge is 2.29. The average molecular weight is 458 g/mol. The van der Waals surface area contributed by atoms with Gasteiger partial charge in [-0.25, -0.2) is 4.98 Å². The fraction of sp³-hybridized carbons (Fsp3) is 0.423. The summed E-state index contributed by atoms with van der Waals surface area (Å²) in [4.78, 5) is 16.0. The van der Waals surface area contributed by atoms with Crippen molar-refractivity contribution in [1.82, 2.24) is 14.9 Å². The second kappa shape index (κ2) is 9.45. The molecule has 176 valence electrons. The molecular weight excluding hydrogens is 426 g/mol. The van der Waals surface area contributed by atoms with E-state index in [1.165, 1.54) is 0 Å². The Morgan fingerprint density at radius 1 is 1.12 bits per heavy atom. The van der Waals surface area contributed by atoms with E-state index in [0.29, 0.717) is 11.4 Å². The van der Waals surface area contributed by atoms with Crippen molar-refractivity contribution in [1.29, 1.82) is 5.26 Å². The number of nitrogen functional groups attached to an aromatic ring is 1. The van der Waals surface area contributed by atoms with Crippen molar-refractivity contribution < 1.29 is 4.74 Å². The first-order chi connectivity index (χ1) is 16.5. The molecule has 2 aliphatic rings. The SMILES string of the molecule is Cc1cc(N2CCN(CC3CN(c4ccc(C#N)c5ncccc45)CC(C)O3)CC2)cc(N)n1. The summed E-state index contributed by atoms with van der Waals surface area (Å²) >= 11 is 0. The van der Waals surface area contributed by atoms with E-state index in [2.05, 4.69) is 55.9 Å². The number of piperazine rings is 1. The molecule has 0 spiro atoms. The van der Waals surface area contributed by atoms with Crippen LogP contribution in [0.3, 0.4) is 0 Å².